The third kappa shape index (κ3) is 14.2. The van der Waals surface area contributed by atoms with E-state index in [-0.39, 0.29) is 17.9 Å². The molecule has 2 amide bonds. The smallest absolute Gasteiger partial charge is 0.223 e. The maximum atomic E-state index is 12.4. The van der Waals surface area contributed by atoms with Crippen molar-refractivity contribution in [2.75, 3.05) is 6.54 Å². The fourth-order valence-corrected chi connectivity index (χ4v) is 3.20. The minimum Gasteiger partial charge on any atom is -0.353 e. The molecule has 1 fully saturated rings. The number of nitrogens with one attached hydrogen (secondary N) is 1. The molecule has 1 aliphatic rings. The van der Waals surface area contributed by atoms with Gasteiger partial charge in [0, 0.05) is 31.5 Å². The molecule has 1 aliphatic carbocycles. The normalized spacial score (nSPS) is 14.4. The van der Waals surface area contributed by atoms with Crippen LogP contribution in [0.2, 0.25) is 0 Å². The van der Waals surface area contributed by atoms with Gasteiger partial charge in [0.25, 0.3) is 0 Å². The number of allylic oxidation sites excluding steroid dienone is 5. The second kappa shape index (κ2) is 16.9. The van der Waals surface area contributed by atoms with Crippen molar-refractivity contribution >= 4 is 11.8 Å². The summed E-state index contributed by atoms with van der Waals surface area (Å²) in [6.07, 6.45) is 24.8. The van der Waals surface area contributed by atoms with E-state index in [1.165, 1.54) is 12.8 Å². The predicted octanol–water partition coefficient (Wildman–Crippen LogP) is 6.09. The minimum absolute atomic E-state index is 0.201. The molecule has 1 rings (SSSR count). The molecule has 0 aromatic heterocycles. The maximum absolute atomic E-state index is 12.4. The van der Waals surface area contributed by atoms with Gasteiger partial charge in [-0.1, -0.05) is 62.6 Å². The Morgan fingerprint density at radius 3 is 2.20 bits per heavy atom. The minimum atomic E-state index is 0.201. The number of unbranched alkanes of at least 4 members (excludes halogenated alkanes) is 4. The third-order valence-electron chi connectivity index (χ3n) is 5.25. The summed E-state index contributed by atoms with van der Waals surface area (Å²) in [6.45, 7) is 7.07. The average Bonchev–Trinajstić information content (AvgIpc) is 3.52. The molecule has 170 valence electrons. The quantitative estimate of drug-likeness (QED) is 0.230. The molecule has 0 aromatic rings. The summed E-state index contributed by atoms with van der Waals surface area (Å²) >= 11 is 0. The Hall–Kier alpha value is -1.84. The molecule has 0 atom stereocenters. The SMILES string of the molecule is CCCCCCC(=O)N(C/C=C\C/C=C\C/C=C\CCCC(=O)NC1CC1)C(C)C. The lowest BCUT2D eigenvalue weighted by atomic mass is 10.1. The standard InChI is InChI=1S/C26H44N2O2/c1-4-5-6-16-19-26(30)28(23(2)3)22-17-14-12-10-8-7-9-11-13-15-18-25(29)27-24-20-21-24/h8-11,14,17,23-24H,4-7,12-13,15-16,18-22H2,1-3H3,(H,27,29)/b10-8-,11-9-,17-14-. The van der Waals surface area contributed by atoms with Gasteiger partial charge < -0.3 is 10.2 Å². The van der Waals surface area contributed by atoms with E-state index < -0.39 is 0 Å². The summed E-state index contributed by atoms with van der Waals surface area (Å²) in [5.74, 6) is 0.475. The lowest BCUT2D eigenvalue weighted by Gasteiger charge is -2.25. The van der Waals surface area contributed by atoms with E-state index in [9.17, 15) is 9.59 Å². The Balaban J connectivity index is 2.08. The fourth-order valence-electron chi connectivity index (χ4n) is 3.20. The van der Waals surface area contributed by atoms with Crippen LogP contribution in [0.15, 0.2) is 36.5 Å². The molecule has 0 saturated heterocycles. The number of rotatable bonds is 17. The van der Waals surface area contributed by atoms with Gasteiger partial charge in [-0.2, -0.15) is 0 Å². The van der Waals surface area contributed by atoms with E-state index >= 15 is 0 Å². The highest BCUT2D eigenvalue weighted by molar-refractivity contribution is 5.76. The summed E-state index contributed by atoms with van der Waals surface area (Å²) in [6, 6.07) is 0.713. The summed E-state index contributed by atoms with van der Waals surface area (Å²) in [4.78, 5) is 25.9. The van der Waals surface area contributed by atoms with Crippen LogP contribution >= 0.6 is 0 Å². The molecule has 0 aromatic carbocycles. The number of hydrogen-bond donors (Lipinski definition) is 1. The average molecular weight is 417 g/mol. The van der Waals surface area contributed by atoms with Crippen molar-refractivity contribution in [2.45, 2.75) is 110 Å². The van der Waals surface area contributed by atoms with Crippen molar-refractivity contribution in [3.63, 3.8) is 0 Å². The van der Waals surface area contributed by atoms with Crippen LogP contribution in [0, 0.1) is 0 Å². The van der Waals surface area contributed by atoms with Crippen molar-refractivity contribution in [1.82, 2.24) is 10.2 Å². The summed E-state index contributed by atoms with van der Waals surface area (Å²) < 4.78 is 0. The van der Waals surface area contributed by atoms with Crippen LogP contribution in [0.4, 0.5) is 0 Å². The first-order chi connectivity index (χ1) is 14.5. The number of nitrogens with zero attached hydrogens (tertiary/aromatic N) is 1. The van der Waals surface area contributed by atoms with Crippen LogP contribution in [0.3, 0.4) is 0 Å². The molecule has 30 heavy (non-hydrogen) atoms. The highest BCUT2D eigenvalue weighted by Crippen LogP contribution is 2.18. The Labute approximate surface area is 184 Å². The molecule has 4 heteroatoms. The predicted molar refractivity (Wildman–Crippen MR) is 127 cm³/mol. The number of carbonyl (C=O) groups excluding carboxylic acids is 2. The Kier molecular flexibility index (Phi) is 14.8. The van der Waals surface area contributed by atoms with Gasteiger partial charge in [-0.15, -0.1) is 0 Å². The fraction of sp³-hybridized carbons (Fsp3) is 0.692. The molecule has 1 N–H and O–H groups in total. The number of hydrogen-bond acceptors (Lipinski definition) is 2. The van der Waals surface area contributed by atoms with Crippen LogP contribution in [0.1, 0.15) is 97.8 Å². The zero-order valence-electron chi connectivity index (χ0n) is 19.6. The van der Waals surface area contributed by atoms with Gasteiger partial charge in [0.15, 0.2) is 0 Å². The lowest BCUT2D eigenvalue weighted by molar-refractivity contribution is -0.132. The van der Waals surface area contributed by atoms with Crippen LogP contribution < -0.4 is 5.32 Å². The first-order valence-corrected chi connectivity index (χ1v) is 12.1. The monoisotopic (exact) mass is 416 g/mol. The van der Waals surface area contributed by atoms with Crippen molar-refractivity contribution in [2.24, 2.45) is 0 Å². The molecule has 0 aliphatic heterocycles. The van der Waals surface area contributed by atoms with E-state index in [0.717, 1.165) is 51.4 Å². The van der Waals surface area contributed by atoms with E-state index in [1.54, 1.807) is 0 Å². The number of amides is 2. The first kappa shape index (κ1) is 26.2. The molecule has 1 saturated carbocycles. The van der Waals surface area contributed by atoms with Crippen LogP contribution in [-0.4, -0.2) is 35.3 Å². The van der Waals surface area contributed by atoms with Gasteiger partial charge in [-0.05, 0) is 58.8 Å². The van der Waals surface area contributed by atoms with E-state index in [0.29, 0.717) is 25.4 Å². The van der Waals surface area contributed by atoms with Crippen molar-refractivity contribution in [3.05, 3.63) is 36.5 Å². The summed E-state index contributed by atoms with van der Waals surface area (Å²) in [5.41, 5.74) is 0. The molecule has 4 nitrogen and oxygen atoms in total. The molecule has 0 spiro atoms. The van der Waals surface area contributed by atoms with E-state index in [4.69, 9.17) is 0 Å². The molecular formula is C26H44N2O2. The number of carbonyl (C=O) groups is 2. The molecule has 0 bridgehead atoms. The topological polar surface area (TPSA) is 49.4 Å². The third-order valence-corrected chi connectivity index (χ3v) is 5.25. The van der Waals surface area contributed by atoms with Crippen molar-refractivity contribution in [3.8, 4) is 0 Å². The van der Waals surface area contributed by atoms with E-state index in [1.807, 2.05) is 4.90 Å². The first-order valence-electron chi connectivity index (χ1n) is 12.1. The van der Waals surface area contributed by atoms with Crippen LogP contribution in [0.5, 0.6) is 0 Å². The van der Waals surface area contributed by atoms with Gasteiger partial charge in [-0.3, -0.25) is 9.59 Å². The highest BCUT2D eigenvalue weighted by Gasteiger charge is 2.22. The van der Waals surface area contributed by atoms with Crippen LogP contribution in [-0.2, 0) is 9.59 Å². The van der Waals surface area contributed by atoms with Crippen molar-refractivity contribution in [1.29, 1.82) is 0 Å². The summed E-state index contributed by atoms with van der Waals surface area (Å²) in [5, 5.41) is 3.02. The second-order valence-electron chi connectivity index (χ2n) is 8.57. The Morgan fingerprint density at radius 1 is 0.900 bits per heavy atom. The zero-order valence-corrected chi connectivity index (χ0v) is 19.6. The molecule has 0 heterocycles. The second-order valence-corrected chi connectivity index (χ2v) is 8.57. The van der Waals surface area contributed by atoms with Gasteiger partial charge in [0.2, 0.25) is 11.8 Å². The maximum Gasteiger partial charge on any atom is 0.223 e. The lowest BCUT2D eigenvalue weighted by Crippen LogP contribution is -2.36. The van der Waals surface area contributed by atoms with Gasteiger partial charge in [0.1, 0.15) is 0 Å². The van der Waals surface area contributed by atoms with E-state index in [2.05, 4.69) is 62.5 Å². The van der Waals surface area contributed by atoms with Gasteiger partial charge >= 0.3 is 0 Å². The largest absolute Gasteiger partial charge is 0.353 e. The zero-order chi connectivity index (χ0) is 22.0. The highest BCUT2D eigenvalue weighted by atomic mass is 16.2. The van der Waals surface area contributed by atoms with Gasteiger partial charge in [-0.25, -0.2) is 0 Å². The summed E-state index contributed by atoms with van der Waals surface area (Å²) in [7, 11) is 0. The molecular weight excluding hydrogens is 372 g/mol. The van der Waals surface area contributed by atoms with Crippen LogP contribution in [0.25, 0.3) is 0 Å². The Morgan fingerprint density at radius 2 is 1.57 bits per heavy atom. The Bertz CT molecular complexity index is 559. The molecule has 0 unspecified atom stereocenters. The molecule has 0 radical (unpaired) electrons. The van der Waals surface area contributed by atoms with Crippen molar-refractivity contribution < 1.29 is 9.59 Å². The van der Waals surface area contributed by atoms with Gasteiger partial charge in [0.05, 0.1) is 0 Å².